The summed E-state index contributed by atoms with van der Waals surface area (Å²) in [7, 11) is -3.74. The van der Waals surface area contributed by atoms with Crippen LogP contribution < -0.4 is 4.90 Å². The molecule has 0 saturated heterocycles. The van der Waals surface area contributed by atoms with Gasteiger partial charge in [0.05, 0.1) is 16.3 Å². The Morgan fingerprint density at radius 1 is 1.00 bits per heavy atom. The van der Waals surface area contributed by atoms with E-state index < -0.39 is 9.84 Å². The summed E-state index contributed by atoms with van der Waals surface area (Å²) >= 11 is 3.45. The molecule has 2 aromatic carbocycles. The summed E-state index contributed by atoms with van der Waals surface area (Å²) in [5.41, 5.74) is 1.30. The Kier molecular flexibility index (Phi) is 3.32. The van der Waals surface area contributed by atoms with Crippen molar-refractivity contribution in [3.8, 4) is 6.07 Å². The molecule has 0 N–H and O–H groups in total. The lowest BCUT2D eigenvalue weighted by molar-refractivity contribution is 0.602. The van der Waals surface area contributed by atoms with E-state index in [1.54, 1.807) is 29.2 Å². The van der Waals surface area contributed by atoms with Crippen molar-refractivity contribution in [1.29, 1.82) is 5.26 Å². The van der Waals surface area contributed by atoms with Gasteiger partial charge in [0.15, 0.2) is 4.91 Å². The highest BCUT2D eigenvalue weighted by molar-refractivity contribution is 9.10. The highest BCUT2D eigenvalue weighted by Gasteiger charge is 2.32. The van der Waals surface area contributed by atoms with Gasteiger partial charge in [0.25, 0.3) is 0 Å². The second-order valence-corrected chi connectivity index (χ2v) is 7.14. The van der Waals surface area contributed by atoms with Gasteiger partial charge in [0, 0.05) is 10.7 Å². The van der Waals surface area contributed by atoms with Crippen LogP contribution in [0, 0.1) is 11.3 Å². The Balaban J connectivity index is 2.33. The van der Waals surface area contributed by atoms with E-state index in [1.165, 1.54) is 12.3 Å². The summed E-state index contributed by atoms with van der Waals surface area (Å²) in [6.45, 7) is 0. The lowest BCUT2D eigenvalue weighted by atomic mass is 10.2. The summed E-state index contributed by atoms with van der Waals surface area (Å²) in [5, 5.41) is 9.15. The van der Waals surface area contributed by atoms with Crippen LogP contribution in [0.3, 0.4) is 0 Å². The first kappa shape index (κ1) is 13.9. The molecular weight excluding hydrogens is 352 g/mol. The zero-order chi connectivity index (χ0) is 15.0. The van der Waals surface area contributed by atoms with Crippen molar-refractivity contribution >= 4 is 37.1 Å². The second kappa shape index (κ2) is 5.02. The van der Waals surface area contributed by atoms with Crippen LogP contribution in [0.15, 0.2) is 69.0 Å². The van der Waals surface area contributed by atoms with Crippen molar-refractivity contribution in [3.05, 3.63) is 64.1 Å². The number of nitriles is 1. The number of rotatable bonds is 1. The molecule has 0 aromatic heterocycles. The Morgan fingerprint density at radius 3 is 2.29 bits per heavy atom. The standard InChI is InChI=1S/C15H9BrN2O2S/c16-12-5-1-2-6-13(12)18-10-11(9-17)21(19,20)15-8-4-3-7-14(15)18/h1-8,10H. The summed E-state index contributed by atoms with van der Waals surface area (Å²) < 4.78 is 25.5. The van der Waals surface area contributed by atoms with Gasteiger partial charge in [-0.15, -0.1) is 0 Å². The number of para-hydroxylation sites is 2. The quantitative estimate of drug-likeness (QED) is 0.776. The summed E-state index contributed by atoms with van der Waals surface area (Å²) in [4.78, 5) is 1.58. The van der Waals surface area contributed by atoms with Crippen molar-refractivity contribution in [3.63, 3.8) is 0 Å². The summed E-state index contributed by atoms with van der Waals surface area (Å²) in [6, 6.07) is 15.9. The van der Waals surface area contributed by atoms with Crippen LogP contribution in [-0.4, -0.2) is 8.42 Å². The van der Waals surface area contributed by atoms with Gasteiger partial charge in [-0.2, -0.15) is 5.26 Å². The third kappa shape index (κ3) is 2.15. The molecule has 0 spiro atoms. The van der Waals surface area contributed by atoms with E-state index in [4.69, 9.17) is 5.26 Å². The number of hydrogen-bond donors (Lipinski definition) is 0. The number of anilines is 2. The fraction of sp³-hybridized carbons (Fsp3) is 0. The number of sulfone groups is 1. The SMILES string of the molecule is N#CC1=CN(c2ccccc2Br)c2ccccc2S1(=O)=O. The molecule has 104 valence electrons. The lowest BCUT2D eigenvalue weighted by Crippen LogP contribution is -2.21. The molecule has 3 rings (SSSR count). The van der Waals surface area contributed by atoms with Crippen molar-refractivity contribution in [2.24, 2.45) is 0 Å². The van der Waals surface area contributed by atoms with Crippen LogP contribution in [-0.2, 0) is 9.84 Å². The van der Waals surface area contributed by atoms with Gasteiger partial charge in [0.1, 0.15) is 6.07 Å². The minimum absolute atomic E-state index is 0.139. The fourth-order valence-electron chi connectivity index (χ4n) is 2.19. The van der Waals surface area contributed by atoms with E-state index in [2.05, 4.69) is 15.9 Å². The van der Waals surface area contributed by atoms with Gasteiger partial charge < -0.3 is 4.90 Å². The largest absolute Gasteiger partial charge is 0.313 e. The van der Waals surface area contributed by atoms with Gasteiger partial charge in [-0.3, -0.25) is 0 Å². The van der Waals surface area contributed by atoms with Crippen molar-refractivity contribution in [2.45, 2.75) is 4.90 Å². The number of benzene rings is 2. The highest BCUT2D eigenvalue weighted by atomic mass is 79.9. The van der Waals surface area contributed by atoms with Crippen molar-refractivity contribution in [1.82, 2.24) is 0 Å². The monoisotopic (exact) mass is 360 g/mol. The predicted molar refractivity (Wildman–Crippen MR) is 83.6 cm³/mol. The number of fused-ring (bicyclic) bond motifs is 1. The zero-order valence-electron chi connectivity index (χ0n) is 10.7. The minimum Gasteiger partial charge on any atom is -0.313 e. The average Bonchev–Trinajstić information content (AvgIpc) is 2.49. The Morgan fingerprint density at radius 2 is 1.62 bits per heavy atom. The van der Waals surface area contributed by atoms with Gasteiger partial charge >= 0.3 is 0 Å². The van der Waals surface area contributed by atoms with Gasteiger partial charge in [-0.05, 0) is 40.2 Å². The maximum Gasteiger partial charge on any atom is 0.220 e. The molecular formula is C15H9BrN2O2S. The van der Waals surface area contributed by atoms with Crippen LogP contribution in [0.2, 0.25) is 0 Å². The normalized spacial score (nSPS) is 15.8. The molecule has 0 aliphatic carbocycles. The Bertz CT molecular complexity index is 898. The number of nitrogens with zero attached hydrogens (tertiary/aromatic N) is 2. The molecule has 0 unspecified atom stereocenters. The minimum atomic E-state index is -3.74. The third-order valence-corrected chi connectivity index (χ3v) is 5.54. The topological polar surface area (TPSA) is 61.2 Å². The van der Waals surface area contributed by atoms with E-state index in [-0.39, 0.29) is 9.80 Å². The third-order valence-electron chi connectivity index (χ3n) is 3.17. The fourth-order valence-corrected chi connectivity index (χ4v) is 3.97. The Hall–Kier alpha value is -2.10. The van der Waals surface area contributed by atoms with E-state index >= 15 is 0 Å². The van der Waals surface area contributed by atoms with E-state index in [0.717, 1.165) is 10.2 Å². The van der Waals surface area contributed by atoms with E-state index in [9.17, 15) is 8.42 Å². The Labute approximate surface area is 131 Å². The van der Waals surface area contributed by atoms with Gasteiger partial charge in [-0.25, -0.2) is 8.42 Å². The van der Waals surface area contributed by atoms with Crippen molar-refractivity contribution in [2.75, 3.05) is 4.90 Å². The molecule has 4 nitrogen and oxygen atoms in total. The summed E-state index contributed by atoms with van der Waals surface area (Å²) in [5.74, 6) is 0. The molecule has 0 atom stereocenters. The van der Waals surface area contributed by atoms with Crippen molar-refractivity contribution < 1.29 is 8.42 Å². The van der Waals surface area contributed by atoms with Gasteiger partial charge in [0.2, 0.25) is 9.84 Å². The highest BCUT2D eigenvalue weighted by Crippen LogP contribution is 2.41. The van der Waals surface area contributed by atoms with Crippen LogP contribution >= 0.6 is 15.9 Å². The smallest absolute Gasteiger partial charge is 0.220 e. The maximum atomic E-state index is 12.4. The molecule has 0 amide bonds. The lowest BCUT2D eigenvalue weighted by Gasteiger charge is -2.28. The molecule has 6 heteroatoms. The number of halogens is 1. The van der Waals surface area contributed by atoms with Gasteiger partial charge in [-0.1, -0.05) is 24.3 Å². The first-order valence-corrected chi connectivity index (χ1v) is 8.33. The first-order valence-electron chi connectivity index (χ1n) is 6.05. The predicted octanol–water partition coefficient (Wildman–Crippen LogP) is 3.74. The molecule has 1 heterocycles. The molecule has 1 aliphatic heterocycles. The average molecular weight is 361 g/mol. The van der Waals surface area contributed by atoms with Crippen LogP contribution in [0.25, 0.3) is 0 Å². The van der Waals surface area contributed by atoms with E-state index in [1.807, 2.05) is 24.3 Å². The van der Waals surface area contributed by atoms with Crippen LogP contribution in [0.1, 0.15) is 0 Å². The zero-order valence-corrected chi connectivity index (χ0v) is 13.1. The molecule has 0 radical (unpaired) electrons. The summed E-state index contributed by atoms with van der Waals surface area (Å²) in [6.07, 6.45) is 1.36. The molecule has 2 aromatic rings. The molecule has 21 heavy (non-hydrogen) atoms. The van der Waals surface area contributed by atoms with Crippen LogP contribution in [0.4, 0.5) is 11.4 Å². The molecule has 0 bridgehead atoms. The molecule has 1 aliphatic rings. The maximum absolute atomic E-state index is 12.4. The molecule has 0 fully saturated rings. The number of allylic oxidation sites excluding steroid dienone is 1. The van der Waals surface area contributed by atoms with Crippen LogP contribution in [0.5, 0.6) is 0 Å². The van der Waals surface area contributed by atoms with E-state index in [0.29, 0.717) is 5.69 Å². The number of hydrogen-bond acceptors (Lipinski definition) is 4. The second-order valence-electron chi connectivity index (χ2n) is 4.40. The molecule has 0 saturated carbocycles. The first-order chi connectivity index (χ1) is 10.1.